The zero-order valence-electron chi connectivity index (χ0n) is 4.74. The maximum absolute atomic E-state index is 11.7. The van der Waals surface area contributed by atoms with Gasteiger partial charge in [-0.25, -0.2) is 8.78 Å². The van der Waals surface area contributed by atoms with Crippen molar-refractivity contribution in [2.75, 3.05) is 0 Å². The summed E-state index contributed by atoms with van der Waals surface area (Å²) in [6, 6.07) is 0. The molecule has 48 valence electrons. The van der Waals surface area contributed by atoms with E-state index < -0.39 is 6.43 Å². The normalized spacial score (nSPS) is 22.9. The molecule has 1 aliphatic rings. The van der Waals surface area contributed by atoms with Crippen LogP contribution in [-0.2, 0) is 0 Å². The SMILES string of the molecule is FC(F)C1CCCC1. The van der Waals surface area contributed by atoms with Gasteiger partial charge in [0.15, 0.2) is 0 Å². The standard InChI is InChI=1S/C6H10F2/c7-6(8)5-3-1-2-4-5/h5-6H,1-4H2. The van der Waals surface area contributed by atoms with E-state index in [1.807, 2.05) is 0 Å². The van der Waals surface area contributed by atoms with Gasteiger partial charge in [-0.1, -0.05) is 12.8 Å². The van der Waals surface area contributed by atoms with Crippen LogP contribution in [0.5, 0.6) is 0 Å². The summed E-state index contributed by atoms with van der Waals surface area (Å²) in [5.41, 5.74) is 0. The van der Waals surface area contributed by atoms with Crippen molar-refractivity contribution in [3.63, 3.8) is 0 Å². The largest absolute Gasteiger partial charge is 0.241 e. The second-order valence-electron chi connectivity index (χ2n) is 2.38. The Labute approximate surface area is 47.9 Å². The summed E-state index contributed by atoms with van der Waals surface area (Å²) in [4.78, 5) is 0. The van der Waals surface area contributed by atoms with E-state index in [1.54, 1.807) is 0 Å². The Morgan fingerprint density at radius 2 is 1.62 bits per heavy atom. The summed E-state index contributed by atoms with van der Waals surface area (Å²) in [6.07, 6.45) is 1.46. The molecular formula is C6H10F2. The maximum atomic E-state index is 11.7. The monoisotopic (exact) mass is 120 g/mol. The first kappa shape index (κ1) is 5.99. The van der Waals surface area contributed by atoms with Gasteiger partial charge >= 0.3 is 0 Å². The number of hydrogen-bond acceptors (Lipinski definition) is 0. The molecule has 0 amide bonds. The predicted octanol–water partition coefficient (Wildman–Crippen LogP) is 2.44. The van der Waals surface area contributed by atoms with Gasteiger partial charge in [-0.3, -0.25) is 0 Å². The van der Waals surface area contributed by atoms with Crippen LogP contribution in [0, 0.1) is 5.92 Å². The van der Waals surface area contributed by atoms with Gasteiger partial charge in [0.25, 0.3) is 0 Å². The van der Waals surface area contributed by atoms with Gasteiger partial charge in [0.2, 0.25) is 6.43 Å². The van der Waals surface area contributed by atoms with E-state index in [9.17, 15) is 8.78 Å². The Morgan fingerprint density at radius 3 is 1.88 bits per heavy atom. The first-order valence-corrected chi connectivity index (χ1v) is 3.09. The lowest BCUT2D eigenvalue weighted by atomic mass is 10.1. The van der Waals surface area contributed by atoms with E-state index in [-0.39, 0.29) is 5.92 Å². The van der Waals surface area contributed by atoms with Crippen LogP contribution in [0.3, 0.4) is 0 Å². The van der Waals surface area contributed by atoms with Crippen molar-refractivity contribution in [1.82, 2.24) is 0 Å². The third kappa shape index (κ3) is 1.17. The lowest BCUT2D eigenvalue weighted by Crippen LogP contribution is -2.04. The highest BCUT2D eigenvalue weighted by Crippen LogP contribution is 2.29. The fourth-order valence-corrected chi connectivity index (χ4v) is 1.21. The van der Waals surface area contributed by atoms with Crippen LogP contribution in [0.4, 0.5) is 8.78 Å². The Balaban J connectivity index is 2.24. The molecule has 0 nitrogen and oxygen atoms in total. The van der Waals surface area contributed by atoms with E-state index in [0.717, 1.165) is 25.7 Å². The van der Waals surface area contributed by atoms with E-state index in [4.69, 9.17) is 0 Å². The van der Waals surface area contributed by atoms with Crippen molar-refractivity contribution in [3.05, 3.63) is 0 Å². The molecule has 8 heavy (non-hydrogen) atoms. The lowest BCUT2D eigenvalue weighted by molar-refractivity contribution is 0.0807. The Hall–Kier alpha value is -0.140. The van der Waals surface area contributed by atoms with E-state index in [2.05, 4.69) is 0 Å². The minimum atomic E-state index is -2.06. The van der Waals surface area contributed by atoms with Gasteiger partial charge in [0.1, 0.15) is 0 Å². The predicted molar refractivity (Wildman–Crippen MR) is 28.0 cm³/mol. The van der Waals surface area contributed by atoms with Crippen LogP contribution in [0.15, 0.2) is 0 Å². The molecule has 0 atom stereocenters. The zero-order valence-corrected chi connectivity index (χ0v) is 4.74. The van der Waals surface area contributed by atoms with E-state index >= 15 is 0 Å². The quantitative estimate of drug-likeness (QED) is 0.498. The summed E-state index contributed by atoms with van der Waals surface area (Å²) in [5.74, 6) is -0.269. The molecule has 0 aromatic rings. The number of halogens is 2. The summed E-state index contributed by atoms with van der Waals surface area (Å²) in [5, 5.41) is 0. The van der Waals surface area contributed by atoms with Gasteiger partial charge in [-0.05, 0) is 12.8 Å². The smallest absolute Gasteiger partial charge is 0.210 e. The first-order valence-electron chi connectivity index (χ1n) is 3.09. The van der Waals surface area contributed by atoms with Crippen LogP contribution in [-0.4, -0.2) is 6.43 Å². The van der Waals surface area contributed by atoms with E-state index in [0.29, 0.717) is 0 Å². The number of rotatable bonds is 1. The minimum Gasteiger partial charge on any atom is -0.210 e. The van der Waals surface area contributed by atoms with Crippen LogP contribution in [0.1, 0.15) is 25.7 Å². The minimum absolute atomic E-state index is 0.269. The number of alkyl halides is 2. The maximum Gasteiger partial charge on any atom is 0.241 e. The highest BCUT2D eigenvalue weighted by Gasteiger charge is 2.23. The molecule has 1 aliphatic carbocycles. The Kier molecular flexibility index (Phi) is 1.81. The van der Waals surface area contributed by atoms with Crippen molar-refractivity contribution in [2.45, 2.75) is 32.1 Å². The second kappa shape index (κ2) is 2.42. The molecule has 0 saturated heterocycles. The van der Waals surface area contributed by atoms with Crippen molar-refractivity contribution < 1.29 is 8.78 Å². The zero-order chi connectivity index (χ0) is 5.98. The highest BCUT2D eigenvalue weighted by atomic mass is 19.3. The fourth-order valence-electron chi connectivity index (χ4n) is 1.21. The summed E-state index contributed by atoms with van der Waals surface area (Å²) < 4.78 is 23.5. The highest BCUT2D eigenvalue weighted by molar-refractivity contribution is 4.68. The molecule has 0 radical (unpaired) electrons. The third-order valence-electron chi connectivity index (χ3n) is 1.76. The average molecular weight is 120 g/mol. The van der Waals surface area contributed by atoms with Gasteiger partial charge in [0.05, 0.1) is 0 Å². The second-order valence-corrected chi connectivity index (χ2v) is 2.38. The van der Waals surface area contributed by atoms with E-state index in [1.165, 1.54) is 0 Å². The topological polar surface area (TPSA) is 0 Å². The molecule has 0 bridgehead atoms. The van der Waals surface area contributed by atoms with Crippen molar-refractivity contribution in [1.29, 1.82) is 0 Å². The Morgan fingerprint density at radius 1 is 1.12 bits per heavy atom. The first-order chi connectivity index (χ1) is 3.80. The van der Waals surface area contributed by atoms with Crippen molar-refractivity contribution in [3.8, 4) is 0 Å². The molecule has 2 heteroatoms. The molecule has 0 aliphatic heterocycles. The van der Waals surface area contributed by atoms with Crippen LogP contribution in [0.25, 0.3) is 0 Å². The van der Waals surface area contributed by atoms with Crippen molar-refractivity contribution >= 4 is 0 Å². The van der Waals surface area contributed by atoms with Gasteiger partial charge in [-0.15, -0.1) is 0 Å². The van der Waals surface area contributed by atoms with Gasteiger partial charge in [-0.2, -0.15) is 0 Å². The molecule has 0 heterocycles. The molecule has 1 rings (SSSR count). The molecule has 0 aromatic carbocycles. The van der Waals surface area contributed by atoms with Gasteiger partial charge < -0.3 is 0 Å². The Bertz CT molecular complexity index is 64.9. The molecule has 0 spiro atoms. The molecule has 1 saturated carbocycles. The molecular weight excluding hydrogens is 110 g/mol. The summed E-state index contributed by atoms with van der Waals surface area (Å²) in [6.45, 7) is 0. The molecule has 1 fully saturated rings. The molecule has 0 aromatic heterocycles. The summed E-state index contributed by atoms with van der Waals surface area (Å²) >= 11 is 0. The lowest BCUT2D eigenvalue weighted by Gasteiger charge is -2.03. The van der Waals surface area contributed by atoms with Crippen LogP contribution in [0.2, 0.25) is 0 Å². The van der Waals surface area contributed by atoms with Crippen LogP contribution < -0.4 is 0 Å². The van der Waals surface area contributed by atoms with Crippen LogP contribution >= 0.6 is 0 Å². The number of hydrogen-bond donors (Lipinski definition) is 0. The summed E-state index contributed by atoms with van der Waals surface area (Å²) in [7, 11) is 0. The molecule has 0 N–H and O–H groups in total. The average Bonchev–Trinajstić information content (AvgIpc) is 2.12. The van der Waals surface area contributed by atoms with Gasteiger partial charge in [0, 0.05) is 5.92 Å². The van der Waals surface area contributed by atoms with Crippen molar-refractivity contribution in [2.24, 2.45) is 5.92 Å². The molecule has 0 unspecified atom stereocenters. The fraction of sp³-hybridized carbons (Fsp3) is 1.00. The third-order valence-corrected chi connectivity index (χ3v) is 1.76.